The van der Waals surface area contributed by atoms with Crippen LogP contribution < -0.4 is 17.0 Å². The number of carbonyl (C=O) groups excluding carboxylic acids is 1. The fraction of sp³-hybridized carbons (Fsp3) is 0.188. The minimum Gasteiger partial charge on any atom is -0.399 e. The van der Waals surface area contributed by atoms with Crippen LogP contribution in [0.2, 0.25) is 0 Å². The summed E-state index contributed by atoms with van der Waals surface area (Å²) in [6.45, 7) is 1.83. The number of hydrogen-bond acceptors (Lipinski definition) is 4. The molecule has 0 saturated heterocycles. The van der Waals surface area contributed by atoms with Crippen molar-refractivity contribution < 1.29 is 4.79 Å². The number of hydrazine groups is 1. The average molecular weight is 301 g/mol. The van der Waals surface area contributed by atoms with E-state index in [0.29, 0.717) is 0 Å². The number of amides is 1. The zero-order valence-electron chi connectivity index (χ0n) is 11.9. The normalized spacial score (nSPS) is 11.9. The maximum Gasteiger partial charge on any atom is 0.241 e. The van der Waals surface area contributed by atoms with Crippen LogP contribution in [0.1, 0.15) is 24.0 Å². The number of carbonyl (C=O) groups is 1. The lowest BCUT2D eigenvalue weighted by Gasteiger charge is -2.10. The molecule has 0 heterocycles. The van der Waals surface area contributed by atoms with E-state index in [0.717, 1.165) is 17.0 Å². The van der Waals surface area contributed by atoms with Gasteiger partial charge in [-0.05, 0) is 42.3 Å². The van der Waals surface area contributed by atoms with E-state index in [2.05, 4.69) is 5.43 Å². The van der Waals surface area contributed by atoms with E-state index in [1.807, 2.05) is 55.5 Å². The molecule has 5 heteroatoms. The first kappa shape index (κ1) is 15.4. The van der Waals surface area contributed by atoms with Gasteiger partial charge in [0.1, 0.15) is 0 Å². The summed E-state index contributed by atoms with van der Waals surface area (Å²) in [5.41, 5.74) is 10.8. The number of rotatable bonds is 5. The van der Waals surface area contributed by atoms with Gasteiger partial charge in [-0.3, -0.25) is 10.2 Å². The number of nitrogens with two attached hydrogens (primary N) is 2. The van der Waals surface area contributed by atoms with Crippen LogP contribution in [0.5, 0.6) is 0 Å². The van der Waals surface area contributed by atoms with E-state index < -0.39 is 0 Å². The van der Waals surface area contributed by atoms with Crippen molar-refractivity contribution in [3.05, 3.63) is 59.7 Å². The minimum atomic E-state index is -0.242. The van der Waals surface area contributed by atoms with Crippen LogP contribution in [0.15, 0.2) is 53.4 Å². The van der Waals surface area contributed by atoms with Gasteiger partial charge >= 0.3 is 0 Å². The van der Waals surface area contributed by atoms with Gasteiger partial charge in [0.15, 0.2) is 0 Å². The maximum atomic E-state index is 11.5. The second-order valence-electron chi connectivity index (χ2n) is 4.83. The average Bonchev–Trinajstić information content (AvgIpc) is 2.53. The van der Waals surface area contributed by atoms with Gasteiger partial charge < -0.3 is 5.73 Å². The smallest absolute Gasteiger partial charge is 0.241 e. The molecular weight excluding hydrogens is 282 g/mol. The molecule has 0 aliphatic heterocycles. The second kappa shape index (κ2) is 7.15. The molecule has 4 nitrogen and oxygen atoms in total. The summed E-state index contributed by atoms with van der Waals surface area (Å²) in [7, 11) is 0. The van der Waals surface area contributed by atoms with Crippen LogP contribution >= 0.6 is 11.8 Å². The monoisotopic (exact) mass is 301 g/mol. The van der Waals surface area contributed by atoms with Gasteiger partial charge in [-0.2, -0.15) is 0 Å². The summed E-state index contributed by atoms with van der Waals surface area (Å²) in [5, 5.41) is 0. The summed E-state index contributed by atoms with van der Waals surface area (Å²) in [5.74, 6) is 5.60. The standard InChI is InChI=1S/C16H19N3OS/c1-11(16(20)19-18)13-4-2-12(3-5-13)10-21-15-8-6-14(17)7-9-15/h2-9,11H,10,17-18H2,1H3,(H,19,20). The quantitative estimate of drug-likeness (QED) is 0.261. The van der Waals surface area contributed by atoms with E-state index in [1.54, 1.807) is 11.8 Å². The molecule has 110 valence electrons. The van der Waals surface area contributed by atoms with Crippen molar-refractivity contribution >= 4 is 23.4 Å². The Bertz CT molecular complexity index is 596. The van der Waals surface area contributed by atoms with Gasteiger partial charge in [-0.15, -0.1) is 11.8 Å². The van der Waals surface area contributed by atoms with Crippen molar-refractivity contribution in [1.82, 2.24) is 5.43 Å². The number of nitrogens with one attached hydrogen (secondary N) is 1. The number of nitrogen functional groups attached to an aromatic ring is 1. The Hall–Kier alpha value is -1.98. The van der Waals surface area contributed by atoms with Gasteiger partial charge in [0.25, 0.3) is 0 Å². The van der Waals surface area contributed by atoms with E-state index in [-0.39, 0.29) is 11.8 Å². The molecule has 2 rings (SSSR count). The topological polar surface area (TPSA) is 81.1 Å². The lowest BCUT2D eigenvalue weighted by molar-refractivity contribution is -0.122. The van der Waals surface area contributed by atoms with Crippen molar-refractivity contribution in [3.63, 3.8) is 0 Å². The van der Waals surface area contributed by atoms with Crippen LogP contribution in [-0.2, 0) is 10.5 Å². The molecule has 2 aromatic carbocycles. The SMILES string of the molecule is CC(C(=O)NN)c1ccc(CSc2ccc(N)cc2)cc1. The Balaban J connectivity index is 1.96. The number of thioether (sulfide) groups is 1. The van der Waals surface area contributed by atoms with E-state index >= 15 is 0 Å². The molecule has 1 amide bonds. The molecule has 0 aliphatic rings. The first-order valence-corrected chi connectivity index (χ1v) is 7.66. The van der Waals surface area contributed by atoms with Crippen molar-refractivity contribution in [2.75, 3.05) is 5.73 Å². The predicted octanol–water partition coefficient (Wildman–Crippen LogP) is 2.65. The third-order valence-electron chi connectivity index (χ3n) is 3.30. The fourth-order valence-electron chi connectivity index (χ4n) is 1.91. The molecule has 0 spiro atoms. The van der Waals surface area contributed by atoms with Gasteiger partial charge in [0.05, 0.1) is 5.92 Å². The fourth-order valence-corrected chi connectivity index (χ4v) is 2.76. The first-order valence-electron chi connectivity index (χ1n) is 6.68. The number of benzene rings is 2. The highest BCUT2D eigenvalue weighted by Gasteiger charge is 2.13. The zero-order valence-corrected chi connectivity index (χ0v) is 12.7. The van der Waals surface area contributed by atoms with Crippen LogP contribution in [-0.4, -0.2) is 5.91 Å². The first-order chi connectivity index (χ1) is 10.1. The third-order valence-corrected chi connectivity index (χ3v) is 4.38. The lowest BCUT2D eigenvalue weighted by atomic mass is 9.99. The van der Waals surface area contributed by atoms with Crippen molar-refractivity contribution in [3.8, 4) is 0 Å². The maximum absolute atomic E-state index is 11.5. The van der Waals surface area contributed by atoms with Crippen LogP contribution in [0, 0.1) is 0 Å². The molecule has 0 bridgehead atoms. The van der Waals surface area contributed by atoms with Crippen molar-refractivity contribution in [1.29, 1.82) is 0 Å². The van der Waals surface area contributed by atoms with Gasteiger partial charge in [0, 0.05) is 16.3 Å². The molecule has 0 radical (unpaired) electrons. The van der Waals surface area contributed by atoms with E-state index in [4.69, 9.17) is 11.6 Å². The Labute approximate surface area is 128 Å². The van der Waals surface area contributed by atoms with Crippen LogP contribution in [0.3, 0.4) is 0 Å². The Kier molecular flexibility index (Phi) is 5.25. The summed E-state index contributed by atoms with van der Waals surface area (Å²) in [4.78, 5) is 12.7. The summed E-state index contributed by atoms with van der Waals surface area (Å²) < 4.78 is 0. The van der Waals surface area contributed by atoms with Gasteiger partial charge in [-0.25, -0.2) is 5.84 Å². The highest BCUT2D eigenvalue weighted by Crippen LogP contribution is 2.24. The molecule has 1 atom stereocenters. The number of anilines is 1. The largest absolute Gasteiger partial charge is 0.399 e. The summed E-state index contributed by atoms with van der Waals surface area (Å²) >= 11 is 1.75. The van der Waals surface area contributed by atoms with Crippen molar-refractivity contribution in [2.24, 2.45) is 5.84 Å². The molecule has 0 saturated carbocycles. The Morgan fingerprint density at radius 2 is 1.76 bits per heavy atom. The third kappa shape index (κ3) is 4.24. The van der Waals surface area contributed by atoms with Gasteiger partial charge in [-0.1, -0.05) is 24.3 Å². The summed E-state index contributed by atoms with van der Waals surface area (Å²) in [6.07, 6.45) is 0. The van der Waals surface area contributed by atoms with Crippen LogP contribution in [0.25, 0.3) is 0 Å². The number of hydrogen-bond donors (Lipinski definition) is 3. The minimum absolute atomic E-state index is 0.181. The Morgan fingerprint density at radius 1 is 1.14 bits per heavy atom. The van der Waals surface area contributed by atoms with E-state index in [9.17, 15) is 4.79 Å². The lowest BCUT2D eigenvalue weighted by Crippen LogP contribution is -2.33. The molecule has 0 aromatic heterocycles. The highest BCUT2D eigenvalue weighted by atomic mass is 32.2. The molecule has 0 fully saturated rings. The molecule has 1 unspecified atom stereocenters. The molecule has 21 heavy (non-hydrogen) atoms. The second-order valence-corrected chi connectivity index (χ2v) is 5.88. The summed E-state index contributed by atoms with van der Waals surface area (Å²) in [6, 6.07) is 15.9. The zero-order chi connectivity index (χ0) is 15.2. The van der Waals surface area contributed by atoms with E-state index in [1.165, 1.54) is 10.5 Å². The van der Waals surface area contributed by atoms with Gasteiger partial charge in [0.2, 0.25) is 5.91 Å². The predicted molar refractivity (Wildman–Crippen MR) is 87.6 cm³/mol. The molecule has 5 N–H and O–H groups in total. The van der Waals surface area contributed by atoms with Crippen molar-refractivity contribution in [2.45, 2.75) is 23.5 Å². The Morgan fingerprint density at radius 3 is 2.33 bits per heavy atom. The molecule has 0 aliphatic carbocycles. The molecular formula is C16H19N3OS. The molecule has 2 aromatic rings. The van der Waals surface area contributed by atoms with Crippen LogP contribution in [0.4, 0.5) is 5.69 Å². The highest BCUT2D eigenvalue weighted by molar-refractivity contribution is 7.98.